The first-order valence-electron chi connectivity index (χ1n) is 7.77. The standard InChI is InChI=1S/C18H20ClNO4S/c1-25(22,23)12-11-24-16-7-4-6-15(13-16)20-18(21)10-9-14-5-2-3-8-17(14)19/h2-8,13H,9-12H2,1H3,(H,20,21). The number of amides is 1. The maximum absolute atomic E-state index is 12.1. The third-order valence-corrected chi connectivity index (χ3v) is 4.70. The minimum Gasteiger partial charge on any atom is -0.492 e. The van der Waals surface area contributed by atoms with Crippen LogP contribution in [0, 0.1) is 0 Å². The van der Waals surface area contributed by atoms with E-state index in [1.807, 2.05) is 18.2 Å². The number of carbonyl (C=O) groups excluding carboxylic acids is 1. The molecular formula is C18H20ClNO4S. The molecule has 1 N–H and O–H groups in total. The highest BCUT2D eigenvalue weighted by Crippen LogP contribution is 2.19. The van der Waals surface area contributed by atoms with E-state index in [0.29, 0.717) is 29.3 Å². The Morgan fingerprint density at radius 3 is 2.64 bits per heavy atom. The van der Waals surface area contributed by atoms with Crippen molar-refractivity contribution in [3.05, 3.63) is 59.1 Å². The first-order chi connectivity index (χ1) is 11.8. The zero-order valence-corrected chi connectivity index (χ0v) is 15.4. The highest BCUT2D eigenvalue weighted by molar-refractivity contribution is 7.90. The topological polar surface area (TPSA) is 72.5 Å². The Labute approximate surface area is 152 Å². The fourth-order valence-corrected chi connectivity index (χ4v) is 2.76. The molecule has 134 valence electrons. The lowest BCUT2D eigenvalue weighted by atomic mass is 10.1. The Bertz CT molecular complexity index is 836. The summed E-state index contributed by atoms with van der Waals surface area (Å²) in [5, 5.41) is 3.45. The van der Waals surface area contributed by atoms with Crippen molar-refractivity contribution in [2.45, 2.75) is 12.8 Å². The molecule has 2 aromatic carbocycles. The van der Waals surface area contributed by atoms with Crippen LogP contribution < -0.4 is 10.1 Å². The molecule has 0 bridgehead atoms. The van der Waals surface area contributed by atoms with Crippen molar-refractivity contribution >= 4 is 33.0 Å². The first-order valence-corrected chi connectivity index (χ1v) is 10.2. The summed E-state index contributed by atoms with van der Waals surface area (Å²) in [5.74, 6) is 0.322. The van der Waals surface area contributed by atoms with Crippen LogP contribution in [0.5, 0.6) is 5.75 Å². The lowest BCUT2D eigenvalue weighted by molar-refractivity contribution is -0.116. The van der Waals surface area contributed by atoms with Gasteiger partial charge < -0.3 is 10.1 Å². The maximum Gasteiger partial charge on any atom is 0.224 e. The molecule has 0 unspecified atom stereocenters. The van der Waals surface area contributed by atoms with Crippen LogP contribution in [0.3, 0.4) is 0 Å². The van der Waals surface area contributed by atoms with Crippen LogP contribution in [0.4, 0.5) is 5.69 Å². The van der Waals surface area contributed by atoms with Crippen LogP contribution in [0.1, 0.15) is 12.0 Å². The highest BCUT2D eigenvalue weighted by Gasteiger charge is 2.07. The molecule has 0 aliphatic heterocycles. The number of ether oxygens (including phenoxy) is 1. The zero-order valence-electron chi connectivity index (χ0n) is 13.9. The first kappa shape index (κ1) is 19.3. The van der Waals surface area contributed by atoms with Gasteiger partial charge in [0.15, 0.2) is 9.84 Å². The van der Waals surface area contributed by atoms with Gasteiger partial charge in [0.05, 0.1) is 5.75 Å². The van der Waals surface area contributed by atoms with Crippen molar-refractivity contribution in [1.82, 2.24) is 0 Å². The van der Waals surface area contributed by atoms with E-state index in [1.165, 1.54) is 0 Å². The van der Waals surface area contributed by atoms with Gasteiger partial charge in [-0.2, -0.15) is 0 Å². The summed E-state index contributed by atoms with van der Waals surface area (Å²) in [6, 6.07) is 14.3. The van der Waals surface area contributed by atoms with E-state index >= 15 is 0 Å². The minimum atomic E-state index is -3.07. The summed E-state index contributed by atoms with van der Waals surface area (Å²) in [7, 11) is -3.07. The van der Waals surface area contributed by atoms with E-state index in [4.69, 9.17) is 16.3 Å². The largest absolute Gasteiger partial charge is 0.492 e. The van der Waals surface area contributed by atoms with Gasteiger partial charge in [-0.05, 0) is 30.2 Å². The monoisotopic (exact) mass is 381 g/mol. The normalized spacial score (nSPS) is 11.1. The van der Waals surface area contributed by atoms with Crippen molar-refractivity contribution in [2.75, 3.05) is 23.9 Å². The van der Waals surface area contributed by atoms with Gasteiger partial charge in [0, 0.05) is 29.5 Å². The summed E-state index contributed by atoms with van der Waals surface area (Å²) in [6.07, 6.45) is 2.02. The number of hydrogen-bond acceptors (Lipinski definition) is 4. The van der Waals surface area contributed by atoms with E-state index in [9.17, 15) is 13.2 Å². The third kappa shape index (κ3) is 7.15. The summed E-state index contributed by atoms with van der Waals surface area (Å²) < 4.78 is 27.6. The molecule has 25 heavy (non-hydrogen) atoms. The molecule has 0 fully saturated rings. The number of hydrogen-bond donors (Lipinski definition) is 1. The number of aryl methyl sites for hydroxylation is 1. The number of carbonyl (C=O) groups is 1. The lowest BCUT2D eigenvalue weighted by Gasteiger charge is -2.09. The van der Waals surface area contributed by atoms with E-state index in [0.717, 1.165) is 11.8 Å². The van der Waals surface area contributed by atoms with Gasteiger partial charge in [-0.3, -0.25) is 4.79 Å². The molecule has 0 aromatic heterocycles. The molecule has 0 radical (unpaired) electrons. The average molecular weight is 382 g/mol. The van der Waals surface area contributed by atoms with Crippen molar-refractivity contribution in [2.24, 2.45) is 0 Å². The molecular weight excluding hydrogens is 362 g/mol. The lowest BCUT2D eigenvalue weighted by Crippen LogP contribution is -2.13. The van der Waals surface area contributed by atoms with E-state index in [2.05, 4.69) is 5.32 Å². The molecule has 0 saturated heterocycles. The molecule has 2 aromatic rings. The van der Waals surface area contributed by atoms with Gasteiger partial charge in [-0.25, -0.2) is 8.42 Å². The molecule has 5 nitrogen and oxygen atoms in total. The average Bonchev–Trinajstić information content (AvgIpc) is 2.53. The fourth-order valence-electron chi connectivity index (χ4n) is 2.15. The van der Waals surface area contributed by atoms with Crippen LogP contribution in [0.15, 0.2) is 48.5 Å². The molecule has 0 saturated carbocycles. The summed E-state index contributed by atoms with van der Waals surface area (Å²) >= 11 is 6.08. The zero-order chi connectivity index (χ0) is 18.3. The predicted molar refractivity (Wildman–Crippen MR) is 100 cm³/mol. The van der Waals surface area contributed by atoms with Crippen molar-refractivity contribution in [1.29, 1.82) is 0 Å². The molecule has 1 amide bonds. The minimum absolute atomic E-state index is 0.0541. The Hall–Kier alpha value is -2.05. The van der Waals surface area contributed by atoms with Crippen LogP contribution in [-0.2, 0) is 21.1 Å². The smallest absolute Gasteiger partial charge is 0.224 e. The van der Waals surface area contributed by atoms with Gasteiger partial charge in [0.25, 0.3) is 0 Å². The van der Waals surface area contributed by atoms with Gasteiger partial charge in [0.2, 0.25) is 5.91 Å². The third-order valence-electron chi connectivity index (χ3n) is 3.42. The quantitative estimate of drug-likeness (QED) is 0.761. The second kappa shape index (κ2) is 8.87. The number of benzene rings is 2. The van der Waals surface area contributed by atoms with Crippen LogP contribution in [0.25, 0.3) is 0 Å². The molecule has 0 atom stereocenters. The number of anilines is 1. The van der Waals surface area contributed by atoms with Gasteiger partial charge in [-0.15, -0.1) is 0 Å². The summed E-state index contributed by atoms with van der Waals surface area (Å²) in [4.78, 5) is 12.1. The van der Waals surface area contributed by atoms with Gasteiger partial charge in [0.1, 0.15) is 12.4 Å². The number of nitrogens with one attached hydrogen (secondary N) is 1. The number of halogens is 1. The summed E-state index contributed by atoms with van der Waals surface area (Å²) in [5.41, 5.74) is 1.53. The Kier molecular flexibility index (Phi) is 6.84. The van der Waals surface area contributed by atoms with Crippen LogP contribution in [0.2, 0.25) is 5.02 Å². The molecule has 0 spiro atoms. The Balaban J connectivity index is 1.86. The highest BCUT2D eigenvalue weighted by atomic mass is 35.5. The molecule has 7 heteroatoms. The second-order valence-electron chi connectivity index (χ2n) is 5.65. The number of rotatable bonds is 8. The van der Waals surface area contributed by atoms with E-state index in [1.54, 1.807) is 30.3 Å². The predicted octanol–water partition coefficient (Wildman–Crippen LogP) is 3.33. The van der Waals surface area contributed by atoms with Crippen LogP contribution in [-0.4, -0.2) is 32.9 Å². The van der Waals surface area contributed by atoms with Gasteiger partial charge in [-0.1, -0.05) is 35.9 Å². The molecule has 0 heterocycles. The molecule has 0 aliphatic rings. The summed E-state index contributed by atoms with van der Waals surface area (Å²) in [6.45, 7) is 0.0722. The Morgan fingerprint density at radius 1 is 1.16 bits per heavy atom. The second-order valence-corrected chi connectivity index (χ2v) is 8.31. The molecule has 0 aliphatic carbocycles. The fraction of sp³-hybridized carbons (Fsp3) is 0.278. The van der Waals surface area contributed by atoms with Crippen molar-refractivity contribution < 1.29 is 17.9 Å². The van der Waals surface area contributed by atoms with E-state index in [-0.39, 0.29) is 18.3 Å². The van der Waals surface area contributed by atoms with Crippen molar-refractivity contribution in [3.8, 4) is 5.75 Å². The molecule has 2 rings (SSSR count). The number of sulfone groups is 1. The van der Waals surface area contributed by atoms with E-state index < -0.39 is 9.84 Å². The Morgan fingerprint density at radius 2 is 1.92 bits per heavy atom. The van der Waals surface area contributed by atoms with Gasteiger partial charge >= 0.3 is 0 Å². The SMILES string of the molecule is CS(=O)(=O)CCOc1cccc(NC(=O)CCc2ccccc2Cl)c1. The van der Waals surface area contributed by atoms with Crippen LogP contribution >= 0.6 is 11.6 Å². The maximum atomic E-state index is 12.1. The van der Waals surface area contributed by atoms with Crippen molar-refractivity contribution in [3.63, 3.8) is 0 Å².